The van der Waals surface area contributed by atoms with Crippen LogP contribution in [-0.4, -0.2) is 49.9 Å². The van der Waals surface area contributed by atoms with Crippen molar-refractivity contribution in [2.24, 2.45) is 0 Å². The molecule has 172 valence electrons. The predicted octanol–water partition coefficient (Wildman–Crippen LogP) is 1.92. The van der Waals surface area contributed by atoms with Crippen LogP contribution in [0.25, 0.3) is 5.76 Å². The maximum absolute atomic E-state index is 13.3. The summed E-state index contributed by atoms with van der Waals surface area (Å²) < 4.78 is 5.23. The number of rotatable bonds is 8. The van der Waals surface area contributed by atoms with Gasteiger partial charge in [-0.2, -0.15) is 0 Å². The summed E-state index contributed by atoms with van der Waals surface area (Å²) in [6.45, 7) is 7.08. The van der Waals surface area contributed by atoms with Crippen LogP contribution in [0.2, 0.25) is 5.02 Å². The number of benzene rings is 2. The molecule has 1 saturated heterocycles. The van der Waals surface area contributed by atoms with E-state index in [0.29, 0.717) is 35.0 Å². The molecule has 1 atom stereocenters. The molecule has 1 N–H and O–H groups in total. The maximum Gasteiger partial charge on any atom is 0.295 e. The van der Waals surface area contributed by atoms with Crippen molar-refractivity contribution in [2.75, 3.05) is 33.3 Å². The summed E-state index contributed by atoms with van der Waals surface area (Å²) in [5.41, 5.74) is 1.01. The number of halogens is 2. The first kappa shape index (κ1) is 25.7. The van der Waals surface area contributed by atoms with Crippen molar-refractivity contribution < 1.29 is 24.3 Å². The van der Waals surface area contributed by atoms with Crippen molar-refractivity contribution in [3.05, 3.63) is 70.3 Å². The lowest BCUT2D eigenvalue weighted by Gasteiger charge is -2.28. The number of quaternary nitrogens is 1. The summed E-state index contributed by atoms with van der Waals surface area (Å²) in [5.74, 6) is -1.17. The van der Waals surface area contributed by atoms with E-state index in [1.807, 2.05) is 0 Å². The van der Waals surface area contributed by atoms with Crippen molar-refractivity contribution >= 4 is 41.5 Å². The van der Waals surface area contributed by atoms with Gasteiger partial charge in [0, 0.05) is 10.6 Å². The highest BCUT2D eigenvalue weighted by atomic mass is 35.5. The van der Waals surface area contributed by atoms with Crippen LogP contribution in [0.1, 0.15) is 31.0 Å². The quantitative estimate of drug-likeness (QED) is 0.357. The average molecular weight is 479 g/mol. The van der Waals surface area contributed by atoms with Crippen molar-refractivity contribution in [3.63, 3.8) is 0 Å². The Hall–Kier alpha value is -2.54. The van der Waals surface area contributed by atoms with Crippen molar-refractivity contribution in [3.8, 4) is 5.75 Å². The minimum Gasteiger partial charge on any atom is -0.872 e. The molecule has 2 aromatic rings. The van der Waals surface area contributed by atoms with Crippen molar-refractivity contribution in [2.45, 2.75) is 19.9 Å². The average Bonchev–Trinajstić information content (AvgIpc) is 3.04. The summed E-state index contributed by atoms with van der Waals surface area (Å²) in [6.07, 6.45) is 0. The minimum atomic E-state index is -0.740. The Bertz CT molecular complexity index is 970. The first-order valence-electron chi connectivity index (χ1n) is 10.4. The number of carbonyl (C=O) groups is 2. The van der Waals surface area contributed by atoms with Gasteiger partial charge in [-0.25, -0.2) is 0 Å². The number of likely N-dealkylation sites (tertiary alicyclic amines) is 1. The standard InChI is InChI=1S/C24H27ClN2O4.ClH/c1-4-26(5-2)14-15-27-21(16-8-12-19(31-3)13-9-16)20(23(29)24(27)30)22(28)17-6-10-18(25)11-7-17;/h6-13,21,28H,4-5,14-15H2,1-3H3;1H. The Balaban J connectivity index is 0.00000363. The third-order valence-corrected chi connectivity index (χ3v) is 6.03. The number of ether oxygens (including phenoxy) is 1. The van der Waals surface area contributed by atoms with E-state index in [1.165, 1.54) is 9.80 Å². The third-order valence-electron chi connectivity index (χ3n) is 5.77. The zero-order valence-corrected chi connectivity index (χ0v) is 20.0. The Morgan fingerprint density at radius 1 is 1.06 bits per heavy atom. The fourth-order valence-electron chi connectivity index (χ4n) is 3.87. The van der Waals surface area contributed by atoms with Crippen LogP contribution in [0.15, 0.2) is 54.1 Å². The number of nitrogens with zero attached hydrogens (tertiary/aromatic N) is 1. The van der Waals surface area contributed by atoms with Gasteiger partial charge in [0.1, 0.15) is 5.75 Å². The molecule has 0 bridgehead atoms. The second-order valence-electron chi connectivity index (χ2n) is 7.46. The van der Waals surface area contributed by atoms with E-state index < -0.39 is 23.5 Å². The number of Topliss-reactive ketones (excluding diaryl/α,β-unsaturated/α-hetero) is 1. The van der Waals surface area contributed by atoms with Gasteiger partial charge in [-0.1, -0.05) is 41.6 Å². The zero-order chi connectivity index (χ0) is 22.5. The van der Waals surface area contributed by atoms with Gasteiger partial charge >= 0.3 is 0 Å². The van der Waals surface area contributed by atoms with Gasteiger partial charge in [0.15, 0.2) is 0 Å². The van der Waals surface area contributed by atoms with E-state index in [-0.39, 0.29) is 18.0 Å². The van der Waals surface area contributed by atoms with Gasteiger partial charge in [-0.05, 0) is 49.2 Å². The van der Waals surface area contributed by atoms with E-state index in [0.717, 1.165) is 13.1 Å². The van der Waals surface area contributed by atoms with Crippen LogP contribution >= 0.6 is 24.0 Å². The molecule has 3 rings (SSSR count). The number of hydrogen-bond acceptors (Lipinski definition) is 4. The minimum absolute atomic E-state index is 0. The first-order chi connectivity index (χ1) is 14.9. The van der Waals surface area contributed by atoms with Crippen LogP contribution in [0.5, 0.6) is 5.75 Å². The number of methoxy groups -OCH3 is 1. The molecular weight excluding hydrogens is 451 g/mol. The Kier molecular flexibility index (Phi) is 9.13. The lowest BCUT2D eigenvalue weighted by molar-refractivity contribution is -0.895. The van der Waals surface area contributed by atoms with E-state index >= 15 is 0 Å². The van der Waals surface area contributed by atoms with Crippen LogP contribution < -0.4 is 14.7 Å². The molecule has 32 heavy (non-hydrogen) atoms. The Labute approximate surface area is 199 Å². The molecule has 1 heterocycles. The van der Waals surface area contributed by atoms with E-state index in [2.05, 4.69) is 13.8 Å². The van der Waals surface area contributed by atoms with Gasteiger partial charge in [0.05, 0.1) is 39.3 Å². The largest absolute Gasteiger partial charge is 0.872 e. The summed E-state index contributed by atoms with van der Waals surface area (Å²) in [7, 11) is 1.57. The highest BCUT2D eigenvalue weighted by molar-refractivity contribution is 6.46. The fourth-order valence-corrected chi connectivity index (χ4v) is 4.00. The van der Waals surface area contributed by atoms with E-state index in [9.17, 15) is 14.7 Å². The second-order valence-corrected chi connectivity index (χ2v) is 7.90. The normalized spacial score (nSPS) is 17.5. The molecule has 1 unspecified atom stereocenters. The highest BCUT2D eigenvalue weighted by Gasteiger charge is 2.44. The van der Waals surface area contributed by atoms with Crippen molar-refractivity contribution in [1.82, 2.24) is 4.90 Å². The lowest BCUT2D eigenvalue weighted by Crippen LogP contribution is -3.12. The second kappa shape index (κ2) is 11.4. The fraction of sp³-hybridized carbons (Fsp3) is 0.333. The van der Waals surface area contributed by atoms with Crippen LogP contribution in [0.3, 0.4) is 0 Å². The van der Waals surface area contributed by atoms with Crippen LogP contribution in [0.4, 0.5) is 0 Å². The molecular formula is C24H28Cl2N2O4. The number of ketones is 1. The summed E-state index contributed by atoms with van der Waals surface area (Å²) in [5, 5.41) is 13.8. The molecule has 2 aromatic carbocycles. The van der Waals surface area contributed by atoms with Gasteiger partial charge < -0.3 is 19.6 Å². The van der Waals surface area contributed by atoms with Crippen LogP contribution in [0, 0.1) is 0 Å². The van der Waals surface area contributed by atoms with Gasteiger partial charge in [0.25, 0.3) is 5.91 Å². The van der Waals surface area contributed by atoms with E-state index in [4.69, 9.17) is 16.3 Å². The Morgan fingerprint density at radius 3 is 2.19 bits per heavy atom. The molecule has 1 fully saturated rings. The predicted molar refractivity (Wildman–Crippen MR) is 125 cm³/mol. The first-order valence-corrected chi connectivity index (χ1v) is 10.8. The molecule has 6 nitrogen and oxygen atoms in total. The molecule has 0 radical (unpaired) electrons. The Morgan fingerprint density at radius 2 is 1.66 bits per heavy atom. The molecule has 1 amide bonds. The zero-order valence-electron chi connectivity index (χ0n) is 18.4. The number of likely N-dealkylation sites (N-methyl/N-ethyl adjacent to an activating group) is 1. The number of carbonyl (C=O) groups excluding carboxylic acids is 2. The van der Waals surface area contributed by atoms with E-state index in [1.54, 1.807) is 55.6 Å². The summed E-state index contributed by atoms with van der Waals surface area (Å²) in [4.78, 5) is 28.8. The maximum atomic E-state index is 13.3. The van der Waals surface area contributed by atoms with Crippen molar-refractivity contribution in [1.29, 1.82) is 0 Å². The molecule has 0 saturated carbocycles. The van der Waals surface area contributed by atoms with Gasteiger partial charge in [-0.15, -0.1) is 12.4 Å². The van der Waals surface area contributed by atoms with Gasteiger partial charge in [0.2, 0.25) is 5.78 Å². The smallest absolute Gasteiger partial charge is 0.295 e. The lowest BCUT2D eigenvalue weighted by atomic mass is 9.95. The summed E-state index contributed by atoms with van der Waals surface area (Å²) in [6, 6.07) is 12.7. The molecule has 0 aromatic heterocycles. The van der Waals surface area contributed by atoms with Crippen LogP contribution in [-0.2, 0) is 9.59 Å². The number of hydrogen-bond donors (Lipinski definition) is 1. The number of nitrogens with one attached hydrogen (secondary N) is 1. The molecule has 1 aliphatic heterocycles. The molecule has 8 heteroatoms. The highest BCUT2D eigenvalue weighted by Crippen LogP contribution is 2.38. The third kappa shape index (κ3) is 5.26. The SMILES string of the molecule is CC[NH+](CC)CCN1C(=O)C(=O)C(=C([O-])c2ccc(Cl)cc2)C1c1ccc(OC)cc1.Cl. The molecule has 0 aliphatic carbocycles. The topological polar surface area (TPSA) is 74.1 Å². The van der Waals surface area contributed by atoms with Gasteiger partial charge in [-0.3, -0.25) is 9.59 Å². The number of amides is 1. The monoisotopic (exact) mass is 478 g/mol. The molecule has 1 aliphatic rings. The molecule has 0 spiro atoms. The summed E-state index contributed by atoms with van der Waals surface area (Å²) >= 11 is 5.94.